The molecule has 0 atom stereocenters. The third-order valence-corrected chi connectivity index (χ3v) is 5.50. The molecule has 1 fully saturated rings. The van der Waals surface area contributed by atoms with Gasteiger partial charge in [-0.05, 0) is 44.0 Å². The number of aromatic amines is 2. The number of likely N-dealkylation sites (tertiary alicyclic amines) is 1. The molecular weight excluding hydrogens is 338 g/mol. The first-order valence-corrected chi connectivity index (χ1v) is 9.38. The quantitative estimate of drug-likeness (QED) is 0.572. The SMILES string of the molecule is Cc1ccc2[nH]nc(C(=O)N3CCC(c4nc5ccccc5[nH]4)CC3)c2c1. The summed E-state index contributed by atoms with van der Waals surface area (Å²) in [7, 11) is 0. The van der Waals surface area contributed by atoms with Gasteiger partial charge < -0.3 is 9.88 Å². The van der Waals surface area contributed by atoms with E-state index in [-0.39, 0.29) is 5.91 Å². The summed E-state index contributed by atoms with van der Waals surface area (Å²) < 4.78 is 0. The smallest absolute Gasteiger partial charge is 0.274 e. The lowest BCUT2D eigenvalue weighted by Crippen LogP contribution is -2.38. The van der Waals surface area contributed by atoms with Gasteiger partial charge in [0.2, 0.25) is 0 Å². The first-order chi connectivity index (χ1) is 13.2. The van der Waals surface area contributed by atoms with Gasteiger partial charge in [0.25, 0.3) is 5.91 Å². The Hall–Kier alpha value is -3.15. The Kier molecular flexibility index (Phi) is 3.70. The van der Waals surface area contributed by atoms with Crippen molar-refractivity contribution in [1.82, 2.24) is 25.1 Å². The lowest BCUT2D eigenvalue weighted by atomic mass is 9.96. The van der Waals surface area contributed by atoms with Crippen molar-refractivity contribution < 1.29 is 4.79 Å². The second-order valence-corrected chi connectivity index (χ2v) is 7.33. The van der Waals surface area contributed by atoms with Crippen LogP contribution in [-0.4, -0.2) is 44.1 Å². The zero-order valence-corrected chi connectivity index (χ0v) is 15.2. The number of carbonyl (C=O) groups is 1. The van der Waals surface area contributed by atoms with Crippen LogP contribution >= 0.6 is 0 Å². The average Bonchev–Trinajstić information content (AvgIpc) is 3.31. The van der Waals surface area contributed by atoms with E-state index in [9.17, 15) is 4.79 Å². The topological polar surface area (TPSA) is 77.7 Å². The number of para-hydroxylation sites is 2. The largest absolute Gasteiger partial charge is 0.342 e. The van der Waals surface area contributed by atoms with Crippen LogP contribution < -0.4 is 0 Å². The zero-order valence-electron chi connectivity index (χ0n) is 15.2. The van der Waals surface area contributed by atoms with Gasteiger partial charge in [-0.25, -0.2) is 4.98 Å². The van der Waals surface area contributed by atoms with E-state index in [1.807, 2.05) is 48.2 Å². The minimum atomic E-state index is 0.00917. The van der Waals surface area contributed by atoms with Gasteiger partial charge in [0.15, 0.2) is 5.69 Å². The van der Waals surface area contributed by atoms with Crippen LogP contribution in [0, 0.1) is 6.92 Å². The second kappa shape index (κ2) is 6.23. The molecule has 4 aromatic rings. The summed E-state index contributed by atoms with van der Waals surface area (Å²) in [5.74, 6) is 1.40. The fourth-order valence-corrected chi connectivity index (χ4v) is 3.96. The standard InChI is InChI=1S/C21H21N5O/c1-13-6-7-16-15(12-13)19(25-24-16)21(27)26-10-8-14(9-11-26)20-22-17-4-2-3-5-18(17)23-20/h2-7,12,14H,8-11H2,1H3,(H,22,23)(H,24,25). The van der Waals surface area contributed by atoms with Crippen LogP contribution in [0.4, 0.5) is 0 Å². The highest BCUT2D eigenvalue weighted by atomic mass is 16.2. The molecule has 0 saturated carbocycles. The Balaban J connectivity index is 1.33. The van der Waals surface area contributed by atoms with Gasteiger partial charge in [0.05, 0.1) is 16.6 Å². The Bertz CT molecular complexity index is 1100. The Morgan fingerprint density at radius 1 is 1.11 bits per heavy atom. The van der Waals surface area contributed by atoms with E-state index in [0.717, 1.165) is 59.3 Å². The molecule has 2 aromatic carbocycles. The molecular formula is C21H21N5O. The van der Waals surface area contributed by atoms with Crippen LogP contribution in [0.1, 0.15) is 40.6 Å². The third-order valence-electron chi connectivity index (χ3n) is 5.50. The minimum absolute atomic E-state index is 0.00917. The molecule has 2 aromatic heterocycles. The van der Waals surface area contributed by atoms with Crippen LogP contribution in [0.3, 0.4) is 0 Å². The lowest BCUT2D eigenvalue weighted by Gasteiger charge is -2.30. The first kappa shape index (κ1) is 16.1. The summed E-state index contributed by atoms with van der Waals surface area (Å²) in [6, 6.07) is 14.1. The predicted octanol–water partition coefficient (Wildman–Crippen LogP) is 3.77. The van der Waals surface area contributed by atoms with Crippen molar-refractivity contribution in [2.45, 2.75) is 25.7 Å². The monoisotopic (exact) mass is 359 g/mol. The number of H-pyrrole nitrogens is 2. The van der Waals surface area contributed by atoms with Crippen molar-refractivity contribution in [1.29, 1.82) is 0 Å². The van der Waals surface area contributed by atoms with Crippen molar-refractivity contribution in [2.24, 2.45) is 0 Å². The van der Waals surface area contributed by atoms with Crippen LogP contribution in [0.2, 0.25) is 0 Å². The molecule has 6 heteroatoms. The van der Waals surface area contributed by atoms with Gasteiger partial charge in [-0.3, -0.25) is 9.89 Å². The van der Waals surface area contributed by atoms with E-state index in [1.54, 1.807) is 0 Å². The number of nitrogens with zero attached hydrogens (tertiary/aromatic N) is 3. The van der Waals surface area contributed by atoms with Crippen LogP contribution in [0.15, 0.2) is 42.5 Å². The van der Waals surface area contributed by atoms with Crippen molar-refractivity contribution in [3.63, 3.8) is 0 Å². The summed E-state index contributed by atoms with van der Waals surface area (Å²) in [6.45, 7) is 3.47. The Labute approximate surface area is 156 Å². The predicted molar refractivity (Wildman–Crippen MR) is 105 cm³/mol. The highest BCUT2D eigenvalue weighted by Crippen LogP contribution is 2.29. The Morgan fingerprint density at radius 2 is 1.93 bits per heavy atom. The highest BCUT2D eigenvalue weighted by molar-refractivity contribution is 6.04. The van der Waals surface area contributed by atoms with Crippen molar-refractivity contribution in [2.75, 3.05) is 13.1 Å². The molecule has 0 spiro atoms. The van der Waals surface area contributed by atoms with Crippen LogP contribution in [-0.2, 0) is 0 Å². The van der Waals surface area contributed by atoms with Gasteiger partial charge in [-0.1, -0.05) is 23.8 Å². The van der Waals surface area contributed by atoms with Crippen LogP contribution in [0.5, 0.6) is 0 Å². The van der Waals surface area contributed by atoms with Crippen molar-refractivity contribution >= 4 is 27.8 Å². The number of imidazole rings is 1. The number of aryl methyl sites for hydroxylation is 1. The molecule has 6 nitrogen and oxygen atoms in total. The number of amides is 1. The number of nitrogens with one attached hydrogen (secondary N) is 2. The second-order valence-electron chi connectivity index (χ2n) is 7.33. The molecule has 5 rings (SSSR count). The molecule has 1 aliphatic heterocycles. The summed E-state index contributed by atoms with van der Waals surface area (Å²) in [4.78, 5) is 23.1. The van der Waals surface area contributed by atoms with E-state index in [1.165, 1.54) is 0 Å². The summed E-state index contributed by atoms with van der Waals surface area (Å²) >= 11 is 0. The number of benzene rings is 2. The Morgan fingerprint density at radius 3 is 2.74 bits per heavy atom. The molecule has 0 aliphatic carbocycles. The number of hydrogen-bond acceptors (Lipinski definition) is 3. The molecule has 0 radical (unpaired) electrons. The molecule has 27 heavy (non-hydrogen) atoms. The van der Waals surface area contributed by atoms with Gasteiger partial charge in [-0.2, -0.15) is 5.10 Å². The molecule has 1 saturated heterocycles. The molecule has 3 heterocycles. The lowest BCUT2D eigenvalue weighted by molar-refractivity contribution is 0.0707. The maximum Gasteiger partial charge on any atom is 0.274 e. The number of fused-ring (bicyclic) bond motifs is 2. The van der Waals surface area contributed by atoms with E-state index in [0.29, 0.717) is 11.6 Å². The summed E-state index contributed by atoms with van der Waals surface area (Å²) in [5, 5.41) is 8.16. The number of rotatable bonds is 2. The molecule has 1 amide bonds. The minimum Gasteiger partial charge on any atom is -0.342 e. The average molecular weight is 359 g/mol. The van der Waals surface area contributed by atoms with E-state index >= 15 is 0 Å². The molecule has 0 unspecified atom stereocenters. The zero-order chi connectivity index (χ0) is 18.4. The van der Waals surface area contributed by atoms with Gasteiger partial charge in [-0.15, -0.1) is 0 Å². The maximum absolute atomic E-state index is 13.0. The van der Waals surface area contributed by atoms with Crippen LogP contribution in [0.25, 0.3) is 21.9 Å². The molecule has 136 valence electrons. The fourth-order valence-electron chi connectivity index (χ4n) is 3.96. The summed E-state index contributed by atoms with van der Waals surface area (Å²) in [6.07, 6.45) is 1.82. The number of hydrogen-bond donors (Lipinski definition) is 2. The summed E-state index contributed by atoms with van der Waals surface area (Å²) in [5.41, 5.74) is 4.63. The number of carbonyl (C=O) groups excluding carboxylic acids is 1. The molecule has 2 N–H and O–H groups in total. The highest BCUT2D eigenvalue weighted by Gasteiger charge is 2.28. The first-order valence-electron chi connectivity index (χ1n) is 9.38. The number of aromatic nitrogens is 4. The van der Waals surface area contributed by atoms with Crippen molar-refractivity contribution in [3.05, 3.63) is 59.5 Å². The van der Waals surface area contributed by atoms with E-state index in [2.05, 4.69) is 21.2 Å². The van der Waals surface area contributed by atoms with E-state index in [4.69, 9.17) is 4.98 Å². The van der Waals surface area contributed by atoms with Gasteiger partial charge >= 0.3 is 0 Å². The van der Waals surface area contributed by atoms with Crippen molar-refractivity contribution in [3.8, 4) is 0 Å². The fraction of sp³-hybridized carbons (Fsp3) is 0.286. The van der Waals surface area contributed by atoms with E-state index < -0.39 is 0 Å². The van der Waals surface area contributed by atoms with Gasteiger partial charge in [0.1, 0.15) is 5.82 Å². The third kappa shape index (κ3) is 2.77. The normalized spacial score (nSPS) is 15.7. The maximum atomic E-state index is 13.0. The molecule has 0 bridgehead atoms. The number of piperidine rings is 1. The van der Waals surface area contributed by atoms with Gasteiger partial charge in [0, 0.05) is 24.4 Å². The molecule has 1 aliphatic rings.